The molecule has 0 aliphatic carbocycles. The second-order valence-corrected chi connectivity index (χ2v) is 6.81. The lowest BCUT2D eigenvalue weighted by Crippen LogP contribution is -2.33. The summed E-state index contributed by atoms with van der Waals surface area (Å²) in [4.78, 5) is 25.4. The van der Waals surface area contributed by atoms with Crippen LogP contribution < -0.4 is 5.32 Å². The number of thioether (sulfide) groups is 1. The van der Waals surface area contributed by atoms with Crippen LogP contribution in [0, 0.1) is 0 Å². The van der Waals surface area contributed by atoms with E-state index < -0.39 is 0 Å². The highest BCUT2D eigenvalue weighted by molar-refractivity contribution is 7.99. The summed E-state index contributed by atoms with van der Waals surface area (Å²) in [7, 11) is 0. The average Bonchev–Trinajstić information content (AvgIpc) is 3.05. The van der Waals surface area contributed by atoms with Crippen molar-refractivity contribution in [1.29, 1.82) is 0 Å². The fourth-order valence-corrected chi connectivity index (χ4v) is 3.19. The lowest BCUT2D eigenvalue weighted by Gasteiger charge is -2.20. The molecular weight excluding hydrogens is 350 g/mol. The molecule has 0 spiro atoms. The third-order valence-corrected chi connectivity index (χ3v) is 4.41. The number of carbonyl (C=O) groups excluding carboxylic acids is 2. The number of amides is 2. The topological polar surface area (TPSA) is 80.1 Å². The van der Waals surface area contributed by atoms with E-state index >= 15 is 0 Å². The van der Waals surface area contributed by atoms with Crippen LogP contribution in [0.15, 0.2) is 47.9 Å². The van der Waals surface area contributed by atoms with Crippen molar-refractivity contribution in [3.63, 3.8) is 0 Å². The Labute approximate surface area is 157 Å². The zero-order valence-electron chi connectivity index (χ0n) is 15.2. The first kappa shape index (κ1) is 19.7. The molecule has 0 aliphatic rings. The summed E-state index contributed by atoms with van der Waals surface area (Å²) in [5, 5.41) is 11.4. The van der Waals surface area contributed by atoms with Gasteiger partial charge < -0.3 is 10.2 Å². The van der Waals surface area contributed by atoms with Crippen molar-refractivity contribution in [3.8, 4) is 5.69 Å². The first-order chi connectivity index (χ1) is 12.4. The Morgan fingerprint density at radius 2 is 2.12 bits per heavy atom. The van der Waals surface area contributed by atoms with E-state index in [-0.39, 0.29) is 17.6 Å². The fraction of sp³-hybridized carbons (Fsp3) is 0.333. The third kappa shape index (κ3) is 5.45. The number of rotatable bonds is 8. The van der Waals surface area contributed by atoms with Crippen LogP contribution >= 0.6 is 11.8 Å². The Bertz CT molecular complexity index is 802. The normalized spacial score (nSPS) is 10.4. The molecule has 0 unspecified atom stereocenters. The predicted molar refractivity (Wildman–Crippen MR) is 103 cm³/mol. The quantitative estimate of drug-likeness (QED) is 0.568. The summed E-state index contributed by atoms with van der Waals surface area (Å²) in [6.07, 6.45) is 1.59. The Hall–Kier alpha value is -2.61. The number of hydrogen-bond acceptors (Lipinski definition) is 5. The van der Waals surface area contributed by atoms with Gasteiger partial charge in [0.1, 0.15) is 6.33 Å². The second kappa shape index (κ2) is 9.19. The molecule has 1 N–H and O–H groups in total. The van der Waals surface area contributed by atoms with Gasteiger partial charge in [0.15, 0.2) is 5.16 Å². The van der Waals surface area contributed by atoms with Gasteiger partial charge in [-0.05, 0) is 32.0 Å². The van der Waals surface area contributed by atoms with Gasteiger partial charge in [0.2, 0.25) is 11.8 Å². The molecule has 2 amide bonds. The SMILES string of the molecule is C=C(C)CN(CC)C(=O)CSc1nncn1-c1cccc(NC(C)=O)c1. The Morgan fingerprint density at radius 1 is 1.35 bits per heavy atom. The van der Waals surface area contributed by atoms with Crippen LogP contribution in [0.1, 0.15) is 20.8 Å². The molecule has 0 radical (unpaired) electrons. The number of nitrogens with zero attached hydrogens (tertiary/aromatic N) is 4. The molecule has 138 valence electrons. The zero-order valence-corrected chi connectivity index (χ0v) is 16.0. The van der Waals surface area contributed by atoms with Crippen molar-refractivity contribution in [1.82, 2.24) is 19.7 Å². The van der Waals surface area contributed by atoms with Crippen molar-refractivity contribution < 1.29 is 9.59 Å². The molecule has 7 nitrogen and oxygen atoms in total. The number of carbonyl (C=O) groups is 2. The van der Waals surface area contributed by atoms with E-state index in [4.69, 9.17) is 0 Å². The molecule has 1 heterocycles. The zero-order chi connectivity index (χ0) is 19.1. The maximum atomic E-state index is 12.4. The average molecular weight is 373 g/mol. The van der Waals surface area contributed by atoms with E-state index in [1.54, 1.807) is 15.8 Å². The molecule has 1 aromatic carbocycles. The van der Waals surface area contributed by atoms with Gasteiger partial charge in [0.05, 0.1) is 11.4 Å². The number of hydrogen-bond donors (Lipinski definition) is 1. The molecule has 2 aromatic rings. The number of anilines is 1. The summed E-state index contributed by atoms with van der Waals surface area (Å²) in [5.41, 5.74) is 2.45. The van der Waals surface area contributed by atoms with E-state index in [1.807, 2.05) is 38.1 Å². The lowest BCUT2D eigenvalue weighted by molar-refractivity contribution is -0.127. The van der Waals surface area contributed by atoms with Crippen LogP contribution in [0.3, 0.4) is 0 Å². The Balaban J connectivity index is 2.10. The lowest BCUT2D eigenvalue weighted by atomic mass is 10.2. The van der Waals surface area contributed by atoms with Gasteiger partial charge in [0, 0.05) is 25.7 Å². The standard InChI is InChI=1S/C18H23N5O2S/c1-5-22(10-13(2)3)17(25)11-26-18-21-19-12-23(18)16-8-6-7-15(9-16)20-14(4)24/h6-9,12H,2,5,10-11H2,1,3-4H3,(H,20,24). The molecule has 0 bridgehead atoms. The second-order valence-electron chi connectivity index (χ2n) is 5.87. The van der Waals surface area contributed by atoms with Gasteiger partial charge in [-0.2, -0.15) is 0 Å². The monoisotopic (exact) mass is 373 g/mol. The fourth-order valence-electron chi connectivity index (χ4n) is 2.36. The molecule has 0 atom stereocenters. The Kier molecular flexibility index (Phi) is 6.97. The van der Waals surface area contributed by atoms with Crippen LogP contribution in [0.2, 0.25) is 0 Å². The van der Waals surface area contributed by atoms with Gasteiger partial charge in [-0.1, -0.05) is 30.0 Å². The molecule has 0 saturated carbocycles. The molecule has 0 fully saturated rings. The third-order valence-electron chi connectivity index (χ3n) is 3.48. The number of likely N-dealkylation sites (N-methyl/N-ethyl adjacent to an activating group) is 1. The molecule has 26 heavy (non-hydrogen) atoms. The van der Waals surface area contributed by atoms with Gasteiger partial charge in [0.25, 0.3) is 0 Å². The van der Waals surface area contributed by atoms with Gasteiger partial charge in [-0.25, -0.2) is 0 Å². The molecule has 0 aliphatic heterocycles. The van der Waals surface area contributed by atoms with Crippen LogP contribution in [-0.2, 0) is 9.59 Å². The van der Waals surface area contributed by atoms with Crippen LogP contribution in [0.25, 0.3) is 5.69 Å². The van der Waals surface area contributed by atoms with Crippen molar-refractivity contribution in [2.75, 3.05) is 24.2 Å². The first-order valence-corrected chi connectivity index (χ1v) is 9.22. The number of benzene rings is 1. The Morgan fingerprint density at radius 3 is 2.77 bits per heavy atom. The minimum Gasteiger partial charge on any atom is -0.338 e. The molecule has 0 saturated heterocycles. The highest BCUT2D eigenvalue weighted by atomic mass is 32.2. The summed E-state index contributed by atoms with van der Waals surface area (Å²) >= 11 is 1.33. The van der Waals surface area contributed by atoms with Crippen LogP contribution in [0.4, 0.5) is 5.69 Å². The maximum Gasteiger partial charge on any atom is 0.233 e. The molecule has 2 rings (SSSR count). The van der Waals surface area contributed by atoms with Gasteiger partial charge >= 0.3 is 0 Å². The molecular formula is C18H23N5O2S. The molecule has 8 heteroatoms. The van der Waals surface area contributed by atoms with E-state index in [1.165, 1.54) is 18.7 Å². The maximum absolute atomic E-state index is 12.4. The van der Waals surface area contributed by atoms with Crippen molar-refractivity contribution >= 4 is 29.3 Å². The highest BCUT2D eigenvalue weighted by Crippen LogP contribution is 2.22. The van der Waals surface area contributed by atoms with Gasteiger partial charge in [-0.15, -0.1) is 10.2 Å². The van der Waals surface area contributed by atoms with Crippen LogP contribution in [-0.4, -0.2) is 50.3 Å². The summed E-state index contributed by atoms with van der Waals surface area (Å²) < 4.78 is 1.79. The van der Waals surface area contributed by atoms with E-state index in [0.717, 1.165) is 11.3 Å². The summed E-state index contributed by atoms with van der Waals surface area (Å²) in [5.74, 6) is 0.163. The van der Waals surface area contributed by atoms with Crippen LogP contribution in [0.5, 0.6) is 0 Å². The summed E-state index contributed by atoms with van der Waals surface area (Å²) in [6.45, 7) is 10.4. The largest absolute Gasteiger partial charge is 0.338 e. The first-order valence-electron chi connectivity index (χ1n) is 8.23. The van der Waals surface area contributed by atoms with Gasteiger partial charge in [-0.3, -0.25) is 14.2 Å². The van der Waals surface area contributed by atoms with E-state index in [9.17, 15) is 9.59 Å². The van der Waals surface area contributed by atoms with Crippen molar-refractivity contribution in [2.24, 2.45) is 0 Å². The van der Waals surface area contributed by atoms with Crippen molar-refractivity contribution in [2.45, 2.75) is 25.9 Å². The van der Waals surface area contributed by atoms with E-state index in [2.05, 4.69) is 22.1 Å². The predicted octanol–water partition coefficient (Wildman–Crippen LogP) is 2.74. The minimum absolute atomic E-state index is 0.0297. The highest BCUT2D eigenvalue weighted by Gasteiger charge is 2.15. The summed E-state index contributed by atoms with van der Waals surface area (Å²) in [6, 6.07) is 7.37. The minimum atomic E-state index is -0.136. The number of aromatic nitrogens is 3. The molecule has 1 aromatic heterocycles. The van der Waals surface area contributed by atoms with Crippen molar-refractivity contribution in [3.05, 3.63) is 42.7 Å². The number of nitrogens with one attached hydrogen (secondary N) is 1. The smallest absolute Gasteiger partial charge is 0.233 e. The van der Waals surface area contributed by atoms with E-state index in [0.29, 0.717) is 23.9 Å².